The van der Waals surface area contributed by atoms with Crippen LogP contribution in [0, 0.1) is 17.6 Å². The number of nitrogens with one attached hydrogen (secondary N) is 1. The first kappa shape index (κ1) is 13.0. The minimum atomic E-state index is -0.951. The van der Waals surface area contributed by atoms with E-state index in [2.05, 4.69) is 10.2 Å². The van der Waals surface area contributed by atoms with E-state index in [-0.39, 0.29) is 5.91 Å². The molecule has 1 atom stereocenters. The molecule has 5 heteroatoms. The van der Waals surface area contributed by atoms with Gasteiger partial charge in [0.25, 0.3) is 0 Å². The number of carbonyl (C=O) groups excluding carboxylic acids is 1. The Morgan fingerprint density at radius 3 is 2.83 bits per heavy atom. The number of hydrogen-bond acceptors (Lipinski definition) is 2. The minimum Gasteiger partial charge on any atom is -0.326 e. The maximum absolute atomic E-state index is 13.0. The van der Waals surface area contributed by atoms with Crippen LogP contribution in [0.2, 0.25) is 0 Å². The van der Waals surface area contributed by atoms with Crippen LogP contribution in [0.4, 0.5) is 14.5 Å². The van der Waals surface area contributed by atoms with Gasteiger partial charge in [0.15, 0.2) is 11.6 Å². The molecular formula is C13H16F2N2O. The van der Waals surface area contributed by atoms with Gasteiger partial charge in [0.1, 0.15) is 0 Å². The average molecular weight is 254 g/mol. The van der Waals surface area contributed by atoms with E-state index in [4.69, 9.17) is 0 Å². The molecule has 0 bridgehead atoms. The van der Waals surface area contributed by atoms with Gasteiger partial charge in [-0.2, -0.15) is 0 Å². The molecule has 98 valence electrons. The molecule has 0 spiro atoms. The number of carbonyl (C=O) groups is 1. The standard InChI is InChI=1S/C13H16F2N2O/c1-17-5-4-9(8-17)6-13(18)16-10-2-3-11(14)12(15)7-10/h2-3,7,9H,4-6,8H2,1H3,(H,16,18). The number of hydrogen-bond donors (Lipinski definition) is 1. The van der Waals surface area contributed by atoms with Gasteiger partial charge < -0.3 is 10.2 Å². The minimum absolute atomic E-state index is 0.152. The zero-order chi connectivity index (χ0) is 13.1. The van der Waals surface area contributed by atoms with Crippen molar-refractivity contribution in [2.24, 2.45) is 5.92 Å². The van der Waals surface area contributed by atoms with Crippen LogP contribution in [0.1, 0.15) is 12.8 Å². The van der Waals surface area contributed by atoms with Crippen LogP contribution in [0.5, 0.6) is 0 Å². The highest BCUT2D eigenvalue weighted by Crippen LogP contribution is 2.19. The van der Waals surface area contributed by atoms with Crippen molar-refractivity contribution in [3.05, 3.63) is 29.8 Å². The summed E-state index contributed by atoms with van der Waals surface area (Å²) in [7, 11) is 2.02. The van der Waals surface area contributed by atoms with Crippen LogP contribution in [0.3, 0.4) is 0 Å². The van der Waals surface area contributed by atoms with Gasteiger partial charge in [-0.15, -0.1) is 0 Å². The number of rotatable bonds is 3. The largest absolute Gasteiger partial charge is 0.326 e. The van der Waals surface area contributed by atoms with E-state index in [1.807, 2.05) is 7.05 Å². The van der Waals surface area contributed by atoms with Gasteiger partial charge in [-0.1, -0.05) is 0 Å². The SMILES string of the molecule is CN1CCC(CC(=O)Nc2ccc(F)c(F)c2)C1. The van der Waals surface area contributed by atoms with Crippen LogP contribution < -0.4 is 5.32 Å². The summed E-state index contributed by atoms with van der Waals surface area (Å²) in [5, 5.41) is 2.59. The molecule has 2 rings (SSSR count). The van der Waals surface area contributed by atoms with Gasteiger partial charge in [-0.3, -0.25) is 4.79 Å². The van der Waals surface area contributed by atoms with Gasteiger partial charge in [-0.25, -0.2) is 8.78 Å². The third-order valence-corrected chi connectivity index (χ3v) is 3.17. The molecule has 18 heavy (non-hydrogen) atoms. The van der Waals surface area contributed by atoms with Crippen molar-refractivity contribution in [2.75, 3.05) is 25.5 Å². The van der Waals surface area contributed by atoms with E-state index < -0.39 is 11.6 Å². The van der Waals surface area contributed by atoms with Gasteiger partial charge in [0, 0.05) is 24.7 Å². The first-order valence-corrected chi connectivity index (χ1v) is 5.98. The zero-order valence-corrected chi connectivity index (χ0v) is 10.2. The van der Waals surface area contributed by atoms with Crippen LogP contribution >= 0.6 is 0 Å². The predicted molar refractivity (Wildman–Crippen MR) is 65.2 cm³/mol. The lowest BCUT2D eigenvalue weighted by Gasteiger charge is -2.10. The molecule has 1 aromatic carbocycles. The number of anilines is 1. The van der Waals surface area contributed by atoms with Gasteiger partial charge in [0.05, 0.1) is 0 Å². The number of benzene rings is 1. The molecular weight excluding hydrogens is 238 g/mol. The summed E-state index contributed by atoms with van der Waals surface area (Å²) in [6.45, 7) is 1.91. The van der Waals surface area contributed by atoms with Crippen molar-refractivity contribution in [3.8, 4) is 0 Å². The summed E-state index contributed by atoms with van der Waals surface area (Å²) in [5.74, 6) is -1.67. The van der Waals surface area contributed by atoms with E-state index in [9.17, 15) is 13.6 Å². The lowest BCUT2D eigenvalue weighted by molar-refractivity contribution is -0.117. The summed E-state index contributed by atoms with van der Waals surface area (Å²) >= 11 is 0. The second kappa shape index (κ2) is 5.44. The highest BCUT2D eigenvalue weighted by Gasteiger charge is 2.22. The highest BCUT2D eigenvalue weighted by atomic mass is 19.2. The molecule has 3 nitrogen and oxygen atoms in total. The van der Waals surface area contributed by atoms with Gasteiger partial charge in [0.2, 0.25) is 5.91 Å². The number of amides is 1. The first-order chi connectivity index (χ1) is 8.54. The van der Waals surface area contributed by atoms with Crippen molar-refractivity contribution in [1.82, 2.24) is 4.90 Å². The average Bonchev–Trinajstić information content (AvgIpc) is 2.69. The molecule has 1 aromatic rings. The van der Waals surface area contributed by atoms with Crippen molar-refractivity contribution in [3.63, 3.8) is 0 Å². The molecule has 1 fully saturated rings. The quantitative estimate of drug-likeness (QED) is 0.897. The molecule has 0 aliphatic carbocycles. The highest BCUT2D eigenvalue weighted by molar-refractivity contribution is 5.90. The van der Waals surface area contributed by atoms with Gasteiger partial charge >= 0.3 is 0 Å². The maximum Gasteiger partial charge on any atom is 0.224 e. The zero-order valence-electron chi connectivity index (χ0n) is 10.2. The normalized spacial score (nSPS) is 20.1. The smallest absolute Gasteiger partial charge is 0.224 e. The number of likely N-dealkylation sites (tertiary alicyclic amines) is 1. The van der Waals surface area contributed by atoms with Crippen molar-refractivity contribution in [2.45, 2.75) is 12.8 Å². The topological polar surface area (TPSA) is 32.3 Å². The summed E-state index contributed by atoms with van der Waals surface area (Å²) in [6, 6.07) is 3.36. The molecule has 1 N–H and O–H groups in total. The Labute approximate surface area is 105 Å². The Morgan fingerprint density at radius 2 is 2.22 bits per heavy atom. The second-order valence-corrected chi connectivity index (χ2v) is 4.80. The lowest BCUT2D eigenvalue weighted by atomic mass is 10.0. The fourth-order valence-corrected chi connectivity index (χ4v) is 2.24. The monoisotopic (exact) mass is 254 g/mol. The lowest BCUT2D eigenvalue weighted by Crippen LogP contribution is -2.19. The Bertz CT molecular complexity index is 451. The summed E-state index contributed by atoms with van der Waals surface area (Å²) in [4.78, 5) is 13.9. The molecule has 1 unspecified atom stereocenters. The van der Waals surface area contributed by atoms with E-state index in [0.29, 0.717) is 18.0 Å². The number of nitrogens with zero attached hydrogens (tertiary/aromatic N) is 1. The van der Waals surface area contributed by atoms with Gasteiger partial charge in [-0.05, 0) is 38.1 Å². The molecule has 1 saturated heterocycles. The van der Waals surface area contributed by atoms with Crippen LogP contribution in [0.15, 0.2) is 18.2 Å². The Morgan fingerprint density at radius 1 is 1.44 bits per heavy atom. The summed E-state index contributed by atoms with van der Waals surface area (Å²) in [5.41, 5.74) is 0.297. The molecule has 0 saturated carbocycles. The molecule has 0 aromatic heterocycles. The maximum atomic E-state index is 13.0. The van der Waals surface area contributed by atoms with Crippen LogP contribution in [-0.4, -0.2) is 30.9 Å². The van der Waals surface area contributed by atoms with Crippen molar-refractivity contribution in [1.29, 1.82) is 0 Å². The first-order valence-electron chi connectivity index (χ1n) is 5.98. The predicted octanol–water partition coefficient (Wildman–Crippen LogP) is 2.25. The second-order valence-electron chi connectivity index (χ2n) is 4.80. The molecule has 1 amide bonds. The fraction of sp³-hybridized carbons (Fsp3) is 0.462. The van der Waals surface area contributed by atoms with Crippen molar-refractivity contribution < 1.29 is 13.6 Å². The van der Waals surface area contributed by atoms with E-state index >= 15 is 0 Å². The molecule has 0 radical (unpaired) electrons. The fourth-order valence-electron chi connectivity index (χ4n) is 2.24. The molecule has 1 aliphatic heterocycles. The summed E-state index contributed by atoms with van der Waals surface area (Å²) in [6.07, 6.45) is 1.42. The Kier molecular flexibility index (Phi) is 3.91. The Balaban J connectivity index is 1.89. The molecule has 1 aliphatic rings. The van der Waals surface area contributed by atoms with E-state index in [1.54, 1.807) is 0 Å². The van der Waals surface area contributed by atoms with Crippen LogP contribution in [-0.2, 0) is 4.79 Å². The van der Waals surface area contributed by atoms with E-state index in [1.165, 1.54) is 6.07 Å². The van der Waals surface area contributed by atoms with Crippen LogP contribution in [0.25, 0.3) is 0 Å². The Hall–Kier alpha value is -1.49. The third kappa shape index (κ3) is 3.26. The number of halogens is 2. The summed E-state index contributed by atoms with van der Waals surface area (Å²) < 4.78 is 25.7. The molecule has 1 heterocycles. The van der Waals surface area contributed by atoms with Crippen molar-refractivity contribution >= 4 is 11.6 Å². The third-order valence-electron chi connectivity index (χ3n) is 3.17. The van der Waals surface area contributed by atoms with E-state index in [0.717, 1.165) is 31.6 Å².